The van der Waals surface area contributed by atoms with Crippen molar-refractivity contribution >= 4 is 57.1 Å². The average Bonchev–Trinajstić information content (AvgIpc) is 2.78. The van der Waals surface area contributed by atoms with E-state index in [1.54, 1.807) is 24.3 Å². The van der Waals surface area contributed by atoms with Crippen LogP contribution in [0.5, 0.6) is 0 Å². The summed E-state index contributed by atoms with van der Waals surface area (Å²) in [6, 6.07) is 8.83. The number of rotatable bonds is 3. The number of amides is 2. The number of halogens is 1. The molecule has 4 nitrogen and oxygen atoms in total. The summed E-state index contributed by atoms with van der Waals surface area (Å²) < 4.78 is 1.07. The summed E-state index contributed by atoms with van der Waals surface area (Å²) in [5.74, 6) is -0.254. The number of carbonyl (C=O) groups excluding carboxylic acids is 2. The lowest BCUT2D eigenvalue weighted by molar-refractivity contribution is -0.114. The Morgan fingerprint density at radius 3 is 2.16 bits per heavy atom. The Morgan fingerprint density at radius 2 is 1.68 bits per heavy atom. The third-order valence-corrected chi connectivity index (χ3v) is 4.08. The third-order valence-electron chi connectivity index (χ3n) is 2.29. The highest BCUT2D eigenvalue weighted by Gasteiger charge is 2.08. The Balaban J connectivity index is 2.03. The van der Waals surface area contributed by atoms with Gasteiger partial charge < -0.3 is 10.6 Å². The second-order valence-electron chi connectivity index (χ2n) is 3.85. The maximum atomic E-state index is 11.9. The molecular formula is C13H11IN2O2S. The normalized spacial score (nSPS) is 10.0. The van der Waals surface area contributed by atoms with Crippen LogP contribution in [0.4, 0.5) is 11.4 Å². The van der Waals surface area contributed by atoms with Crippen molar-refractivity contribution in [1.82, 2.24) is 0 Å². The Kier molecular flexibility index (Phi) is 4.54. The summed E-state index contributed by atoms with van der Waals surface area (Å²) in [6.45, 7) is 1.45. The lowest BCUT2D eigenvalue weighted by atomic mass is 10.2. The fourth-order valence-electron chi connectivity index (χ4n) is 1.47. The number of hydrogen-bond acceptors (Lipinski definition) is 3. The van der Waals surface area contributed by atoms with Gasteiger partial charge in [-0.15, -0.1) is 11.3 Å². The summed E-state index contributed by atoms with van der Waals surface area (Å²) >= 11 is 3.71. The zero-order chi connectivity index (χ0) is 13.8. The van der Waals surface area contributed by atoms with Gasteiger partial charge in [0.15, 0.2) is 0 Å². The zero-order valence-electron chi connectivity index (χ0n) is 10.1. The van der Waals surface area contributed by atoms with Crippen molar-refractivity contribution in [2.45, 2.75) is 6.92 Å². The third kappa shape index (κ3) is 4.03. The van der Waals surface area contributed by atoms with Crippen LogP contribution in [0.25, 0.3) is 0 Å². The van der Waals surface area contributed by atoms with Crippen LogP contribution in [0.2, 0.25) is 0 Å². The van der Waals surface area contributed by atoms with E-state index in [4.69, 9.17) is 0 Å². The Bertz CT molecular complexity index is 607. The molecule has 0 spiro atoms. The quantitative estimate of drug-likeness (QED) is 0.793. The maximum Gasteiger partial charge on any atom is 0.256 e. The number of benzene rings is 1. The summed E-state index contributed by atoms with van der Waals surface area (Å²) in [5, 5.41) is 7.30. The first-order chi connectivity index (χ1) is 9.04. The molecular weight excluding hydrogens is 375 g/mol. The Morgan fingerprint density at radius 1 is 1.11 bits per heavy atom. The van der Waals surface area contributed by atoms with E-state index in [0.29, 0.717) is 16.9 Å². The standard InChI is InChI=1S/C13H11IN2O2S/c1-8(17)15-10-2-4-11(5-3-10)16-13(18)9-6-12(14)19-7-9/h2-7H,1H3,(H,15,17)(H,16,18). The second kappa shape index (κ2) is 6.16. The van der Waals surface area contributed by atoms with Gasteiger partial charge >= 0.3 is 0 Å². The molecule has 1 heterocycles. The largest absolute Gasteiger partial charge is 0.326 e. The van der Waals surface area contributed by atoms with Crippen molar-refractivity contribution in [2.24, 2.45) is 0 Å². The first-order valence-electron chi connectivity index (χ1n) is 5.47. The first-order valence-corrected chi connectivity index (χ1v) is 7.43. The highest BCUT2D eigenvalue weighted by molar-refractivity contribution is 14.1. The average molecular weight is 386 g/mol. The smallest absolute Gasteiger partial charge is 0.256 e. The fourth-order valence-corrected chi connectivity index (χ4v) is 2.80. The molecule has 0 radical (unpaired) electrons. The summed E-state index contributed by atoms with van der Waals surface area (Å²) in [4.78, 5) is 22.8. The van der Waals surface area contributed by atoms with Crippen LogP contribution in [0.15, 0.2) is 35.7 Å². The van der Waals surface area contributed by atoms with E-state index >= 15 is 0 Å². The van der Waals surface area contributed by atoms with Crippen LogP contribution in [0.1, 0.15) is 17.3 Å². The van der Waals surface area contributed by atoms with Gasteiger partial charge in [0, 0.05) is 23.7 Å². The monoisotopic (exact) mass is 386 g/mol. The number of thiophene rings is 1. The molecule has 98 valence electrons. The van der Waals surface area contributed by atoms with Crippen LogP contribution in [0.3, 0.4) is 0 Å². The molecule has 0 saturated heterocycles. The van der Waals surface area contributed by atoms with Crippen molar-refractivity contribution in [3.8, 4) is 0 Å². The summed E-state index contributed by atoms with van der Waals surface area (Å²) in [7, 11) is 0. The van der Waals surface area contributed by atoms with E-state index in [0.717, 1.165) is 2.88 Å². The first kappa shape index (κ1) is 14.0. The molecule has 0 unspecified atom stereocenters. The Hall–Kier alpha value is -1.41. The van der Waals surface area contributed by atoms with E-state index in [1.165, 1.54) is 18.3 Å². The fraction of sp³-hybridized carbons (Fsp3) is 0.0769. The van der Waals surface area contributed by atoms with Crippen LogP contribution < -0.4 is 10.6 Å². The SMILES string of the molecule is CC(=O)Nc1ccc(NC(=O)c2csc(I)c2)cc1. The molecule has 0 saturated carbocycles. The molecule has 0 atom stereocenters. The van der Waals surface area contributed by atoms with Gasteiger partial charge in [-0.3, -0.25) is 9.59 Å². The van der Waals surface area contributed by atoms with Gasteiger partial charge in [-0.2, -0.15) is 0 Å². The van der Waals surface area contributed by atoms with Gasteiger partial charge in [-0.1, -0.05) is 0 Å². The minimum atomic E-state index is -0.133. The van der Waals surface area contributed by atoms with Crippen molar-refractivity contribution < 1.29 is 9.59 Å². The van der Waals surface area contributed by atoms with Gasteiger partial charge in [0.1, 0.15) is 0 Å². The molecule has 6 heteroatoms. The van der Waals surface area contributed by atoms with Gasteiger partial charge in [0.2, 0.25) is 5.91 Å². The summed E-state index contributed by atoms with van der Waals surface area (Å²) in [6.07, 6.45) is 0. The molecule has 2 rings (SSSR count). The van der Waals surface area contributed by atoms with Gasteiger partial charge in [-0.05, 0) is 52.9 Å². The number of hydrogen-bond donors (Lipinski definition) is 2. The summed E-state index contributed by atoms with van der Waals surface area (Å²) in [5.41, 5.74) is 2.05. The highest BCUT2D eigenvalue weighted by atomic mass is 127. The van der Waals surface area contributed by atoms with Crippen molar-refractivity contribution in [1.29, 1.82) is 0 Å². The minimum Gasteiger partial charge on any atom is -0.326 e. The second-order valence-corrected chi connectivity index (χ2v) is 6.66. The van der Waals surface area contributed by atoms with E-state index in [-0.39, 0.29) is 11.8 Å². The minimum absolute atomic E-state index is 0.121. The predicted molar refractivity (Wildman–Crippen MR) is 85.7 cm³/mol. The molecule has 0 bridgehead atoms. The van der Waals surface area contributed by atoms with Gasteiger partial charge in [0.25, 0.3) is 5.91 Å². The molecule has 1 aromatic carbocycles. The molecule has 2 N–H and O–H groups in total. The van der Waals surface area contributed by atoms with E-state index in [9.17, 15) is 9.59 Å². The molecule has 0 aliphatic carbocycles. The molecule has 1 aromatic heterocycles. The lowest BCUT2D eigenvalue weighted by Gasteiger charge is -2.06. The van der Waals surface area contributed by atoms with E-state index in [1.807, 2.05) is 11.4 Å². The van der Waals surface area contributed by atoms with Crippen molar-refractivity contribution in [3.63, 3.8) is 0 Å². The lowest BCUT2D eigenvalue weighted by Crippen LogP contribution is -2.11. The number of anilines is 2. The molecule has 2 amide bonds. The van der Waals surface area contributed by atoms with Crippen LogP contribution >= 0.6 is 33.9 Å². The van der Waals surface area contributed by atoms with Crippen LogP contribution in [-0.2, 0) is 4.79 Å². The molecule has 0 fully saturated rings. The number of carbonyl (C=O) groups is 2. The maximum absolute atomic E-state index is 11.9. The van der Waals surface area contributed by atoms with Crippen molar-refractivity contribution in [2.75, 3.05) is 10.6 Å². The van der Waals surface area contributed by atoms with Gasteiger partial charge in [-0.25, -0.2) is 0 Å². The molecule has 19 heavy (non-hydrogen) atoms. The molecule has 0 aliphatic heterocycles. The molecule has 2 aromatic rings. The van der Waals surface area contributed by atoms with Crippen molar-refractivity contribution in [3.05, 3.63) is 44.2 Å². The number of nitrogens with one attached hydrogen (secondary N) is 2. The van der Waals surface area contributed by atoms with E-state index < -0.39 is 0 Å². The molecule has 0 aliphatic rings. The van der Waals surface area contributed by atoms with Crippen LogP contribution in [-0.4, -0.2) is 11.8 Å². The highest BCUT2D eigenvalue weighted by Crippen LogP contribution is 2.19. The zero-order valence-corrected chi connectivity index (χ0v) is 13.0. The Labute approximate surface area is 128 Å². The topological polar surface area (TPSA) is 58.2 Å². The van der Waals surface area contributed by atoms with Gasteiger partial charge in [0.05, 0.1) is 8.45 Å². The van der Waals surface area contributed by atoms with E-state index in [2.05, 4.69) is 33.2 Å². The van der Waals surface area contributed by atoms with Crippen LogP contribution in [0, 0.1) is 2.88 Å². The predicted octanol–water partition coefficient (Wildman–Crippen LogP) is 3.56.